The molecule has 3 rings (SSSR count). The summed E-state index contributed by atoms with van der Waals surface area (Å²) in [5, 5.41) is 0. The van der Waals surface area contributed by atoms with Crippen LogP contribution in [0.25, 0.3) is 0 Å². The van der Waals surface area contributed by atoms with Crippen LogP contribution in [0.15, 0.2) is 22.7 Å². The summed E-state index contributed by atoms with van der Waals surface area (Å²) in [4.78, 5) is 2.25. The number of benzene rings is 1. The van der Waals surface area contributed by atoms with Crippen molar-refractivity contribution >= 4 is 21.6 Å². The maximum absolute atomic E-state index is 14.0. The molecule has 2 nitrogen and oxygen atoms in total. The molecule has 2 aliphatic rings. The lowest BCUT2D eigenvalue weighted by molar-refractivity contribution is 0.409. The van der Waals surface area contributed by atoms with Crippen molar-refractivity contribution in [3.05, 3.63) is 28.5 Å². The highest BCUT2D eigenvalue weighted by Gasteiger charge is 2.41. The Morgan fingerprint density at radius 1 is 1.24 bits per heavy atom. The van der Waals surface area contributed by atoms with E-state index in [0.29, 0.717) is 12.1 Å². The van der Waals surface area contributed by atoms with E-state index in [1.165, 1.54) is 6.07 Å². The van der Waals surface area contributed by atoms with Crippen molar-refractivity contribution < 1.29 is 4.39 Å². The molecule has 4 heteroatoms. The van der Waals surface area contributed by atoms with Gasteiger partial charge in [0, 0.05) is 22.6 Å². The lowest BCUT2D eigenvalue weighted by atomic mass is 9.97. The van der Waals surface area contributed by atoms with Crippen molar-refractivity contribution in [2.24, 2.45) is 5.73 Å². The van der Waals surface area contributed by atoms with E-state index in [1.807, 2.05) is 6.07 Å². The molecule has 2 saturated heterocycles. The molecule has 0 radical (unpaired) electrons. The number of anilines is 1. The Morgan fingerprint density at radius 3 is 2.47 bits per heavy atom. The summed E-state index contributed by atoms with van der Waals surface area (Å²) in [7, 11) is 0. The third-order valence-corrected chi connectivity index (χ3v) is 4.61. The summed E-state index contributed by atoms with van der Waals surface area (Å²) in [6, 6.07) is 6.30. The molecule has 92 valence electrons. The lowest BCUT2D eigenvalue weighted by Crippen LogP contribution is -2.48. The zero-order chi connectivity index (χ0) is 12.0. The minimum Gasteiger partial charge on any atom is -0.362 e. The second kappa shape index (κ2) is 4.25. The first-order valence-electron chi connectivity index (χ1n) is 6.14. The molecule has 2 N–H and O–H groups in total. The first-order valence-corrected chi connectivity index (χ1v) is 6.94. The third kappa shape index (κ3) is 1.87. The largest absolute Gasteiger partial charge is 0.362 e. The highest BCUT2D eigenvalue weighted by atomic mass is 79.9. The summed E-state index contributed by atoms with van der Waals surface area (Å²) < 4.78 is 14.9. The maximum Gasteiger partial charge on any atom is 0.147 e. The van der Waals surface area contributed by atoms with E-state index in [0.717, 1.165) is 35.8 Å². The first-order chi connectivity index (χ1) is 8.16. The van der Waals surface area contributed by atoms with Crippen LogP contribution in [0, 0.1) is 5.82 Å². The first kappa shape index (κ1) is 11.5. The highest BCUT2D eigenvalue weighted by Crippen LogP contribution is 2.42. The number of fused-ring (bicyclic) bond motifs is 2. The summed E-state index contributed by atoms with van der Waals surface area (Å²) in [6.07, 6.45) is 4.24. The van der Waals surface area contributed by atoms with Gasteiger partial charge in [-0.15, -0.1) is 0 Å². The topological polar surface area (TPSA) is 29.3 Å². The monoisotopic (exact) mass is 298 g/mol. The molecule has 2 fully saturated rings. The number of nitrogens with zero attached hydrogens (tertiary/aromatic N) is 1. The third-order valence-electron chi connectivity index (χ3n) is 3.97. The fourth-order valence-corrected chi connectivity index (χ4v) is 3.87. The Labute approximate surface area is 109 Å². The molecule has 0 aliphatic carbocycles. The molecule has 0 amide bonds. The molecule has 2 aliphatic heterocycles. The van der Waals surface area contributed by atoms with Crippen molar-refractivity contribution in [3.8, 4) is 0 Å². The minimum absolute atomic E-state index is 0.133. The predicted octanol–water partition coefficient (Wildman–Crippen LogP) is 3.05. The Morgan fingerprint density at radius 2 is 1.88 bits per heavy atom. The highest BCUT2D eigenvalue weighted by molar-refractivity contribution is 9.10. The molecule has 0 aromatic heterocycles. The summed E-state index contributed by atoms with van der Waals surface area (Å²) >= 11 is 3.47. The normalized spacial score (nSPS) is 31.9. The van der Waals surface area contributed by atoms with Crippen LogP contribution in [-0.2, 0) is 0 Å². The quantitative estimate of drug-likeness (QED) is 0.863. The van der Waals surface area contributed by atoms with E-state index in [4.69, 9.17) is 5.73 Å². The van der Waals surface area contributed by atoms with Gasteiger partial charge < -0.3 is 10.6 Å². The van der Waals surface area contributed by atoms with Crippen molar-refractivity contribution in [3.63, 3.8) is 0 Å². The van der Waals surface area contributed by atoms with Gasteiger partial charge in [-0.25, -0.2) is 4.39 Å². The molecule has 0 saturated carbocycles. The van der Waals surface area contributed by atoms with E-state index < -0.39 is 0 Å². The van der Waals surface area contributed by atoms with Gasteiger partial charge in [0.25, 0.3) is 0 Å². The van der Waals surface area contributed by atoms with Crippen LogP contribution in [0.5, 0.6) is 0 Å². The zero-order valence-corrected chi connectivity index (χ0v) is 11.2. The van der Waals surface area contributed by atoms with Crippen LogP contribution in [0.2, 0.25) is 0 Å². The van der Waals surface area contributed by atoms with Gasteiger partial charge in [0.05, 0.1) is 5.69 Å². The van der Waals surface area contributed by atoms with Crippen LogP contribution >= 0.6 is 15.9 Å². The van der Waals surface area contributed by atoms with Gasteiger partial charge in [0.2, 0.25) is 0 Å². The number of nitrogens with two attached hydrogens (primary N) is 1. The SMILES string of the molecule is NC1CC2CCC(C1)N2c1c(F)cccc1Br. The molecular weight excluding hydrogens is 283 g/mol. The van der Waals surface area contributed by atoms with Crippen LogP contribution in [0.3, 0.4) is 0 Å². The number of rotatable bonds is 1. The van der Waals surface area contributed by atoms with Crippen molar-refractivity contribution in [2.45, 2.75) is 43.8 Å². The van der Waals surface area contributed by atoms with Crippen LogP contribution < -0.4 is 10.6 Å². The Kier molecular flexibility index (Phi) is 2.87. The second-order valence-electron chi connectivity index (χ2n) is 5.09. The zero-order valence-electron chi connectivity index (χ0n) is 9.57. The van der Waals surface area contributed by atoms with Gasteiger partial charge in [-0.05, 0) is 53.7 Å². The fourth-order valence-electron chi connectivity index (χ4n) is 3.32. The van der Waals surface area contributed by atoms with E-state index in [9.17, 15) is 4.39 Å². The Bertz CT molecular complexity index is 403. The van der Waals surface area contributed by atoms with Crippen LogP contribution in [0.1, 0.15) is 25.7 Å². The smallest absolute Gasteiger partial charge is 0.147 e. The van der Waals surface area contributed by atoms with Crippen LogP contribution in [-0.4, -0.2) is 18.1 Å². The molecular formula is C13H16BrFN2. The second-order valence-corrected chi connectivity index (χ2v) is 5.95. The standard InChI is InChI=1S/C13H16BrFN2/c14-11-2-1-3-12(15)13(11)17-9-4-5-10(17)7-8(16)6-9/h1-3,8-10H,4-7,16H2. The molecule has 1 aromatic rings. The van der Waals surface area contributed by atoms with Crippen molar-refractivity contribution in [1.82, 2.24) is 0 Å². The van der Waals surface area contributed by atoms with Gasteiger partial charge in [-0.3, -0.25) is 0 Å². The molecule has 1 aromatic carbocycles. The minimum atomic E-state index is -0.133. The Balaban J connectivity index is 2.00. The summed E-state index contributed by atoms with van der Waals surface area (Å²) in [5.74, 6) is -0.133. The van der Waals surface area contributed by atoms with Gasteiger partial charge in [0.1, 0.15) is 5.82 Å². The number of halogens is 2. The summed E-state index contributed by atoms with van der Waals surface area (Å²) in [6.45, 7) is 0. The maximum atomic E-state index is 14.0. The molecule has 17 heavy (non-hydrogen) atoms. The van der Waals surface area contributed by atoms with Gasteiger partial charge in [-0.1, -0.05) is 6.07 Å². The van der Waals surface area contributed by atoms with E-state index in [1.54, 1.807) is 6.07 Å². The average molecular weight is 299 g/mol. The lowest BCUT2D eigenvalue weighted by Gasteiger charge is -2.40. The van der Waals surface area contributed by atoms with E-state index in [2.05, 4.69) is 20.8 Å². The number of hydrogen-bond acceptors (Lipinski definition) is 2. The van der Waals surface area contributed by atoms with Gasteiger partial charge >= 0.3 is 0 Å². The molecule has 2 unspecified atom stereocenters. The fraction of sp³-hybridized carbons (Fsp3) is 0.538. The molecule has 0 spiro atoms. The number of para-hydroxylation sites is 1. The van der Waals surface area contributed by atoms with Gasteiger partial charge in [0.15, 0.2) is 0 Å². The number of hydrogen-bond donors (Lipinski definition) is 1. The van der Waals surface area contributed by atoms with E-state index in [-0.39, 0.29) is 11.9 Å². The summed E-state index contributed by atoms with van der Waals surface area (Å²) in [5.41, 5.74) is 6.77. The Hall–Kier alpha value is -0.610. The van der Waals surface area contributed by atoms with Gasteiger partial charge in [-0.2, -0.15) is 0 Å². The average Bonchev–Trinajstić information content (AvgIpc) is 2.54. The molecule has 2 heterocycles. The van der Waals surface area contributed by atoms with Crippen molar-refractivity contribution in [1.29, 1.82) is 0 Å². The number of piperidine rings is 1. The predicted molar refractivity (Wildman–Crippen MR) is 70.6 cm³/mol. The van der Waals surface area contributed by atoms with E-state index >= 15 is 0 Å². The van der Waals surface area contributed by atoms with Crippen molar-refractivity contribution in [2.75, 3.05) is 4.90 Å². The van der Waals surface area contributed by atoms with Crippen LogP contribution in [0.4, 0.5) is 10.1 Å². The molecule has 2 atom stereocenters. The molecule has 2 bridgehead atoms.